The van der Waals surface area contributed by atoms with Gasteiger partial charge in [0.1, 0.15) is 5.82 Å². The normalized spacial score (nSPS) is 12.2. The van der Waals surface area contributed by atoms with E-state index in [1.54, 1.807) is 6.20 Å². The Morgan fingerprint density at radius 3 is 2.63 bits per heavy atom. The Balaban J connectivity index is 2.01. The minimum absolute atomic E-state index is 0.167. The Kier molecular flexibility index (Phi) is 4.47. The monoisotopic (exact) mass is 256 g/mol. The van der Waals surface area contributed by atoms with Crippen LogP contribution in [-0.2, 0) is 13.0 Å². The molecule has 100 valence electrons. The van der Waals surface area contributed by atoms with Gasteiger partial charge in [0, 0.05) is 38.2 Å². The van der Waals surface area contributed by atoms with Crippen LogP contribution >= 0.6 is 0 Å². The summed E-state index contributed by atoms with van der Waals surface area (Å²) in [4.78, 5) is 10.7. The average Bonchev–Trinajstić information content (AvgIpc) is 2.40. The topological polar surface area (TPSA) is 55.0 Å². The number of hydrogen-bond acceptors (Lipinski definition) is 4. The van der Waals surface area contributed by atoms with Gasteiger partial charge in [-0.1, -0.05) is 12.1 Å². The van der Waals surface area contributed by atoms with Crippen LogP contribution in [-0.4, -0.2) is 23.1 Å². The van der Waals surface area contributed by atoms with Crippen LogP contribution in [0, 0.1) is 0 Å². The van der Waals surface area contributed by atoms with Gasteiger partial charge in [0.15, 0.2) is 0 Å². The number of nitrogens with two attached hydrogens (primary N) is 1. The van der Waals surface area contributed by atoms with E-state index >= 15 is 0 Å². The summed E-state index contributed by atoms with van der Waals surface area (Å²) in [7, 11) is 2.03. The summed E-state index contributed by atoms with van der Waals surface area (Å²) < 4.78 is 0. The molecule has 0 aliphatic rings. The summed E-state index contributed by atoms with van der Waals surface area (Å²) in [6.45, 7) is 2.80. The van der Waals surface area contributed by atoms with Crippen LogP contribution in [0.5, 0.6) is 0 Å². The van der Waals surface area contributed by atoms with Gasteiger partial charge in [0.25, 0.3) is 0 Å². The van der Waals surface area contributed by atoms with Gasteiger partial charge in [-0.2, -0.15) is 0 Å². The van der Waals surface area contributed by atoms with Crippen molar-refractivity contribution in [3.8, 4) is 0 Å². The highest BCUT2D eigenvalue weighted by Crippen LogP contribution is 2.13. The Morgan fingerprint density at radius 1 is 1.21 bits per heavy atom. The zero-order valence-electron chi connectivity index (χ0n) is 11.5. The molecule has 0 saturated carbocycles. The maximum Gasteiger partial charge on any atom is 0.128 e. The molecule has 0 saturated heterocycles. The molecule has 1 unspecified atom stereocenters. The van der Waals surface area contributed by atoms with Crippen molar-refractivity contribution in [2.75, 3.05) is 11.9 Å². The highest BCUT2D eigenvalue weighted by atomic mass is 15.2. The summed E-state index contributed by atoms with van der Waals surface area (Å²) in [5.74, 6) is 0.956. The first-order chi connectivity index (χ1) is 9.15. The number of nitrogens with zero attached hydrogens (tertiary/aromatic N) is 3. The number of aromatic nitrogens is 2. The number of hydrogen-bond donors (Lipinski definition) is 1. The molecule has 0 radical (unpaired) electrons. The molecule has 2 aromatic heterocycles. The first-order valence-electron chi connectivity index (χ1n) is 6.45. The van der Waals surface area contributed by atoms with Crippen LogP contribution in [0.3, 0.4) is 0 Å². The third kappa shape index (κ3) is 4.03. The van der Waals surface area contributed by atoms with Crippen molar-refractivity contribution in [1.82, 2.24) is 9.97 Å². The fourth-order valence-corrected chi connectivity index (χ4v) is 1.98. The molecular formula is C15H20N4. The molecule has 0 spiro atoms. The van der Waals surface area contributed by atoms with E-state index in [-0.39, 0.29) is 6.04 Å². The molecule has 0 bridgehead atoms. The summed E-state index contributed by atoms with van der Waals surface area (Å²) in [5, 5.41) is 0. The molecule has 2 N–H and O–H groups in total. The minimum atomic E-state index is 0.167. The zero-order valence-corrected chi connectivity index (χ0v) is 11.5. The minimum Gasteiger partial charge on any atom is -0.355 e. The Labute approximate surface area is 114 Å². The molecule has 2 rings (SSSR count). The van der Waals surface area contributed by atoms with E-state index in [9.17, 15) is 0 Å². The first-order valence-corrected chi connectivity index (χ1v) is 6.45. The van der Waals surface area contributed by atoms with Gasteiger partial charge in [-0.05, 0) is 36.6 Å². The lowest BCUT2D eigenvalue weighted by molar-refractivity contribution is 0.735. The van der Waals surface area contributed by atoms with Crippen molar-refractivity contribution < 1.29 is 0 Å². The van der Waals surface area contributed by atoms with E-state index in [4.69, 9.17) is 5.73 Å². The Bertz CT molecular complexity index is 493. The lowest BCUT2D eigenvalue weighted by atomic mass is 10.1. The standard InChI is InChI=1S/C15H20N4/c1-12(16)8-13-5-6-15(18-10-13)19(2)11-14-4-3-7-17-9-14/h3-7,9-10,12H,8,11,16H2,1-2H3. The Morgan fingerprint density at radius 2 is 2.05 bits per heavy atom. The number of pyridine rings is 2. The average molecular weight is 256 g/mol. The third-order valence-electron chi connectivity index (χ3n) is 2.90. The second-order valence-electron chi connectivity index (χ2n) is 4.92. The quantitative estimate of drug-likeness (QED) is 0.889. The molecule has 0 aliphatic heterocycles. The smallest absolute Gasteiger partial charge is 0.128 e. The predicted molar refractivity (Wildman–Crippen MR) is 77.9 cm³/mol. The van der Waals surface area contributed by atoms with E-state index in [1.165, 1.54) is 11.1 Å². The van der Waals surface area contributed by atoms with Gasteiger partial charge < -0.3 is 10.6 Å². The van der Waals surface area contributed by atoms with Gasteiger partial charge in [-0.25, -0.2) is 4.98 Å². The zero-order chi connectivity index (χ0) is 13.7. The molecular weight excluding hydrogens is 236 g/mol. The van der Waals surface area contributed by atoms with Crippen LogP contribution < -0.4 is 10.6 Å². The summed E-state index contributed by atoms with van der Waals surface area (Å²) in [5.41, 5.74) is 8.13. The van der Waals surface area contributed by atoms with E-state index < -0.39 is 0 Å². The van der Waals surface area contributed by atoms with Crippen molar-refractivity contribution in [1.29, 1.82) is 0 Å². The molecule has 2 aromatic rings. The Hall–Kier alpha value is -1.94. The molecule has 0 amide bonds. The molecule has 0 aliphatic carbocycles. The van der Waals surface area contributed by atoms with Crippen molar-refractivity contribution in [3.05, 3.63) is 54.0 Å². The third-order valence-corrected chi connectivity index (χ3v) is 2.90. The molecule has 19 heavy (non-hydrogen) atoms. The van der Waals surface area contributed by atoms with Crippen LogP contribution in [0.15, 0.2) is 42.9 Å². The molecule has 4 heteroatoms. The lowest BCUT2D eigenvalue weighted by Crippen LogP contribution is -2.19. The fourth-order valence-electron chi connectivity index (χ4n) is 1.98. The lowest BCUT2D eigenvalue weighted by Gasteiger charge is -2.18. The van der Waals surface area contributed by atoms with Crippen LogP contribution in [0.2, 0.25) is 0 Å². The SMILES string of the molecule is CC(N)Cc1ccc(N(C)Cc2cccnc2)nc1. The second-order valence-corrected chi connectivity index (χ2v) is 4.92. The van der Waals surface area contributed by atoms with Crippen molar-refractivity contribution in [3.63, 3.8) is 0 Å². The van der Waals surface area contributed by atoms with Gasteiger partial charge in [-0.3, -0.25) is 4.98 Å². The predicted octanol–water partition coefficient (Wildman–Crippen LogP) is 2.00. The van der Waals surface area contributed by atoms with E-state index in [0.29, 0.717) is 0 Å². The maximum absolute atomic E-state index is 5.78. The highest BCUT2D eigenvalue weighted by molar-refractivity contribution is 5.39. The number of anilines is 1. The maximum atomic E-state index is 5.78. The van der Waals surface area contributed by atoms with Gasteiger partial charge in [0.05, 0.1) is 0 Å². The highest BCUT2D eigenvalue weighted by Gasteiger charge is 2.04. The van der Waals surface area contributed by atoms with Crippen molar-refractivity contribution in [2.45, 2.75) is 25.9 Å². The summed E-state index contributed by atoms with van der Waals surface area (Å²) in [6, 6.07) is 8.30. The second kappa shape index (κ2) is 6.29. The summed E-state index contributed by atoms with van der Waals surface area (Å²) >= 11 is 0. The van der Waals surface area contributed by atoms with Gasteiger partial charge in [-0.15, -0.1) is 0 Å². The van der Waals surface area contributed by atoms with Gasteiger partial charge >= 0.3 is 0 Å². The first kappa shape index (κ1) is 13.5. The molecule has 1 atom stereocenters. The van der Waals surface area contributed by atoms with Crippen molar-refractivity contribution in [2.24, 2.45) is 5.73 Å². The van der Waals surface area contributed by atoms with E-state index in [2.05, 4.69) is 27.0 Å². The number of rotatable bonds is 5. The molecule has 0 fully saturated rings. The van der Waals surface area contributed by atoms with Crippen molar-refractivity contribution >= 4 is 5.82 Å². The largest absolute Gasteiger partial charge is 0.355 e. The van der Waals surface area contributed by atoms with Crippen LogP contribution in [0.1, 0.15) is 18.1 Å². The van der Waals surface area contributed by atoms with E-state index in [0.717, 1.165) is 18.8 Å². The molecule has 2 heterocycles. The molecule has 4 nitrogen and oxygen atoms in total. The van der Waals surface area contributed by atoms with E-state index in [1.807, 2.05) is 38.5 Å². The van der Waals surface area contributed by atoms with Crippen LogP contribution in [0.25, 0.3) is 0 Å². The fraction of sp³-hybridized carbons (Fsp3) is 0.333. The van der Waals surface area contributed by atoms with Gasteiger partial charge in [0.2, 0.25) is 0 Å². The molecule has 0 aromatic carbocycles. The van der Waals surface area contributed by atoms with Crippen LogP contribution in [0.4, 0.5) is 5.82 Å². The summed E-state index contributed by atoms with van der Waals surface area (Å²) in [6.07, 6.45) is 6.42.